The molecule has 1 atom stereocenters. The summed E-state index contributed by atoms with van der Waals surface area (Å²) < 4.78 is 28.0. The van der Waals surface area contributed by atoms with Gasteiger partial charge in [-0.3, -0.25) is 13.9 Å². The van der Waals surface area contributed by atoms with E-state index in [1.165, 1.54) is 15.6 Å². The van der Waals surface area contributed by atoms with Crippen LogP contribution in [0.4, 0.5) is 5.69 Å². The highest BCUT2D eigenvalue weighted by molar-refractivity contribution is 7.93. The molecule has 1 fully saturated rings. The number of anilines is 1. The zero-order valence-corrected chi connectivity index (χ0v) is 24.7. The molecular weight excluding hydrogens is 569 g/mol. The van der Waals surface area contributed by atoms with Gasteiger partial charge in [-0.05, 0) is 55.8 Å². The maximum absolute atomic E-state index is 13.6. The summed E-state index contributed by atoms with van der Waals surface area (Å²) in [5, 5.41) is 5.51. The number of carbonyl (C=O) groups excluding carboxylic acids is 2. The number of carbonyl (C=O) groups is 2. The Bertz CT molecular complexity index is 1510. The molecule has 3 aromatic carbocycles. The minimum Gasteiger partial charge on any atom is -0.352 e. The van der Waals surface area contributed by atoms with Crippen LogP contribution in [0.25, 0.3) is 10.8 Å². The Kier molecular flexibility index (Phi) is 8.59. The molecule has 1 aliphatic carbocycles. The highest BCUT2D eigenvalue weighted by Gasteiger charge is 2.35. The van der Waals surface area contributed by atoms with E-state index in [1.54, 1.807) is 43.3 Å². The summed E-state index contributed by atoms with van der Waals surface area (Å²) in [6, 6.07) is 15.3. The molecule has 1 N–H and O–H groups in total. The van der Waals surface area contributed by atoms with E-state index < -0.39 is 16.1 Å². The Morgan fingerprint density at radius 3 is 2.35 bits per heavy atom. The molecule has 0 aromatic heterocycles. The van der Waals surface area contributed by atoms with Crippen LogP contribution in [0, 0.1) is 0 Å². The van der Waals surface area contributed by atoms with Crippen LogP contribution in [0.2, 0.25) is 10.0 Å². The first-order valence-corrected chi connectivity index (χ1v) is 16.0. The first-order valence-electron chi connectivity index (χ1n) is 13.8. The lowest BCUT2D eigenvalue weighted by Gasteiger charge is -2.32. The van der Waals surface area contributed by atoms with Crippen molar-refractivity contribution < 1.29 is 18.0 Å². The Labute approximate surface area is 245 Å². The summed E-state index contributed by atoms with van der Waals surface area (Å²) in [5.41, 5.74) is 1.20. The zero-order chi connectivity index (χ0) is 28.4. The quantitative estimate of drug-likeness (QED) is 0.312. The van der Waals surface area contributed by atoms with E-state index in [2.05, 4.69) is 5.32 Å². The smallest absolute Gasteiger partial charge is 0.265 e. The zero-order valence-electron chi connectivity index (χ0n) is 22.4. The number of hydrogen-bond donors (Lipinski definition) is 1. The lowest BCUT2D eigenvalue weighted by atomic mass is 9.95. The molecule has 1 heterocycles. The van der Waals surface area contributed by atoms with Crippen molar-refractivity contribution >= 4 is 61.5 Å². The Balaban J connectivity index is 1.32. The summed E-state index contributed by atoms with van der Waals surface area (Å²) in [5.74, 6) is -0.484. The average Bonchev–Trinajstić information content (AvgIpc) is 3.16. The van der Waals surface area contributed by atoms with E-state index >= 15 is 0 Å². The van der Waals surface area contributed by atoms with Gasteiger partial charge in [0.05, 0.1) is 10.6 Å². The summed E-state index contributed by atoms with van der Waals surface area (Å²) in [6.07, 6.45) is 5.53. The molecule has 2 amide bonds. The first kappa shape index (κ1) is 28.7. The Morgan fingerprint density at radius 1 is 1.00 bits per heavy atom. The van der Waals surface area contributed by atoms with Crippen molar-refractivity contribution in [3.63, 3.8) is 0 Å². The number of hydrogen-bond acceptors (Lipinski definition) is 4. The standard InChI is InChI=1S/C30H33Cl2N3O4S/c1-20(30(37)33-22-11-3-2-4-12-22)34(19-23-24(31)13-7-14-25(23)32)28(36)17-8-18-35-26-15-5-9-21-10-6-16-27(29(21)26)40(35,38)39/h5-7,9-10,13-16,20,22H,2-4,8,11-12,17-19H2,1H3,(H,33,37)/t20-/m1/s1. The Morgan fingerprint density at radius 2 is 1.65 bits per heavy atom. The lowest BCUT2D eigenvalue weighted by molar-refractivity contribution is -0.141. The van der Waals surface area contributed by atoms with E-state index in [1.807, 2.05) is 18.2 Å². The van der Waals surface area contributed by atoms with Crippen molar-refractivity contribution in [2.75, 3.05) is 10.8 Å². The SMILES string of the molecule is C[C@H](C(=O)NC1CCCCC1)N(Cc1c(Cl)cccc1Cl)C(=O)CCCN1c2cccc3cccc(c23)S1(=O)=O. The van der Waals surface area contributed by atoms with Gasteiger partial charge in [-0.1, -0.05) is 72.8 Å². The Hall–Kier alpha value is -2.81. The van der Waals surface area contributed by atoms with Crippen LogP contribution >= 0.6 is 23.2 Å². The third kappa shape index (κ3) is 5.67. The molecular formula is C30H33Cl2N3O4S. The minimum atomic E-state index is -3.71. The molecule has 7 nitrogen and oxygen atoms in total. The maximum atomic E-state index is 13.6. The molecule has 1 saturated carbocycles. The van der Waals surface area contributed by atoms with Crippen LogP contribution in [0.1, 0.15) is 57.4 Å². The van der Waals surface area contributed by atoms with Gasteiger partial charge >= 0.3 is 0 Å². The fraction of sp³-hybridized carbons (Fsp3) is 0.400. The average molecular weight is 603 g/mol. The highest BCUT2D eigenvalue weighted by atomic mass is 35.5. The van der Waals surface area contributed by atoms with Gasteiger partial charge in [0.25, 0.3) is 10.0 Å². The van der Waals surface area contributed by atoms with Crippen LogP contribution < -0.4 is 9.62 Å². The van der Waals surface area contributed by atoms with Crippen LogP contribution in [0.15, 0.2) is 59.5 Å². The summed E-state index contributed by atoms with van der Waals surface area (Å²) in [6.45, 7) is 1.93. The third-order valence-corrected chi connectivity index (χ3v) is 10.5. The first-order chi connectivity index (χ1) is 19.2. The van der Waals surface area contributed by atoms with Gasteiger partial charge in [-0.25, -0.2) is 8.42 Å². The second kappa shape index (κ2) is 12.0. The van der Waals surface area contributed by atoms with Crippen LogP contribution in [0.5, 0.6) is 0 Å². The molecule has 0 saturated heterocycles. The van der Waals surface area contributed by atoms with Crippen molar-refractivity contribution in [2.24, 2.45) is 0 Å². The van der Waals surface area contributed by atoms with Crippen molar-refractivity contribution in [1.82, 2.24) is 10.2 Å². The van der Waals surface area contributed by atoms with Crippen molar-refractivity contribution in [1.29, 1.82) is 0 Å². The number of nitrogens with one attached hydrogen (secondary N) is 1. The molecule has 0 radical (unpaired) electrons. The van der Waals surface area contributed by atoms with Crippen molar-refractivity contribution in [2.45, 2.75) is 75.4 Å². The summed E-state index contributed by atoms with van der Waals surface area (Å²) >= 11 is 12.9. The van der Waals surface area contributed by atoms with E-state index in [9.17, 15) is 18.0 Å². The molecule has 1 aliphatic heterocycles. The normalized spacial score (nSPS) is 17.1. The van der Waals surface area contributed by atoms with Crippen LogP contribution in [-0.4, -0.2) is 43.8 Å². The van der Waals surface area contributed by atoms with Crippen LogP contribution in [0.3, 0.4) is 0 Å². The number of sulfonamides is 1. The summed E-state index contributed by atoms with van der Waals surface area (Å²) in [7, 11) is -3.71. The largest absolute Gasteiger partial charge is 0.352 e. The van der Waals surface area contributed by atoms with Gasteiger partial charge in [0.15, 0.2) is 0 Å². The molecule has 3 aromatic rings. The molecule has 40 heavy (non-hydrogen) atoms. The molecule has 5 rings (SSSR count). The predicted molar refractivity (Wildman–Crippen MR) is 159 cm³/mol. The van der Waals surface area contributed by atoms with E-state index in [4.69, 9.17) is 23.2 Å². The van der Waals surface area contributed by atoms with Gasteiger partial charge in [-0.15, -0.1) is 0 Å². The van der Waals surface area contributed by atoms with Gasteiger partial charge in [-0.2, -0.15) is 0 Å². The lowest BCUT2D eigenvalue weighted by Crippen LogP contribution is -2.50. The van der Waals surface area contributed by atoms with Gasteiger partial charge in [0.2, 0.25) is 11.8 Å². The number of benzene rings is 3. The van der Waals surface area contributed by atoms with E-state index in [0.29, 0.717) is 26.7 Å². The number of rotatable bonds is 9. The molecule has 10 heteroatoms. The fourth-order valence-electron chi connectivity index (χ4n) is 5.72. The second-order valence-corrected chi connectivity index (χ2v) is 13.2. The predicted octanol–water partition coefficient (Wildman–Crippen LogP) is 6.30. The van der Waals surface area contributed by atoms with Gasteiger partial charge < -0.3 is 10.2 Å². The molecule has 0 unspecified atom stereocenters. The minimum absolute atomic E-state index is 0.0570. The number of nitrogens with zero attached hydrogens (tertiary/aromatic N) is 2. The molecule has 0 spiro atoms. The van der Waals surface area contributed by atoms with Crippen LogP contribution in [-0.2, 0) is 26.2 Å². The monoisotopic (exact) mass is 601 g/mol. The summed E-state index contributed by atoms with van der Waals surface area (Å²) in [4.78, 5) is 28.7. The van der Waals surface area contributed by atoms with Gasteiger partial charge in [0, 0.05) is 46.5 Å². The second-order valence-electron chi connectivity index (χ2n) is 10.6. The van der Waals surface area contributed by atoms with Gasteiger partial charge in [0.1, 0.15) is 6.04 Å². The fourth-order valence-corrected chi connectivity index (χ4v) is 7.99. The molecule has 0 bridgehead atoms. The van der Waals surface area contributed by atoms with E-state index in [-0.39, 0.29) is 48.7 Å². The highest BCUT2D eigenvalue weighted by Crippen LogP contribution is 2.42. The number of halogens is 2. The number of amides is 2. The molecule has 2 aliphatic rings. The van der Waals surface area contributed by atoms with E-state index in [0.717, 1.165) is 31.1 Å². The van der Waals surface area contributed by atoms with Crippen molar-refractivity contribution in [3.8, 4) is 0 Å². The third-order valence-electron chi connectivity index (χ3n) is 7.94. The maximum Gasteiger partial charge on any atom is 0.265 e. The van der Waals surface area contributed by atoms with Crippen molar-refractivity contribution in [3.05, 3.63) is 70.2 Å². The molecule has 212 valence electrons. The topological polar surface area (TPSA) is 86.8 Å².